The van der Waals surface area contributed by atoms with E-state index in [1.54, 1.807) is 7.11 Å². The van der Waals surface area contributed by atoms with Gasteiger partial charge in [0.05, 0.1) is 7.11 Å². The average molecular weight is 407 g/mol. The molecule has 0 atom stereocenters. The van der Waals surface area contributed by atoms with Gasteiger partial charge in [-0.3, -0.25) is 10.1 Å². The summed E-state index contributed by atoms with van der Waals surface area (Å²) in [5, 5.41) is 6.23. The normalized spacial score (nSPS) is 11.6. The third-order valence-corrected chi connectivity index (χ3v) is 5.48. The Labute approximate surface area is 173 Å². The number of benzene rings is 2. The number of thiazole rings is 1. The smallest absolute Gasteiger partial charge is 0.257 e. The van der Waals surface area contributed by atoms with Crippen molar-refractivity contribution in [3.8, 4) is 17.2 Å². The zero-order chi connectivity index (χ0) is 20.6. The van der Waals surface area contributed by atoms with Gasteiger partial charge in [0.1, 0.15) is 17.0 Å². The molecule has 0 aliphatic heterocycles. The Bertz CT molecular complexity index is 1170. The molecule has 0 aliphatic carbocycles. The van der Waals surface area contributed by atoms with E-state index in [9.17, 15) is 4.79 Å². The van der Waals surface area contributed by atoms with Crippen LogP contribution in [0.15, 0.2) is 58.3 Å². The highest BCUT2D eigenvalue weighted by Crippen LogP contribution is 2.32. The number of amides is 1. The first-order valence-electron chi connectivity index (χ1n) is 9.29. The molecule has 1 amide bonds. The second kappa shape index (κ2) is 7.37. The highest BCUT2D eigenvalue weighted by atomic mass is 32.1. The van der Waals surface area contributed by atoms with E-state index in [4.69, 9.17) is 9.15 Å². The maximum atomic E-state index is 12.6. The van der Waals surface area contributed by atoms with Crippen molar-refractivity contribution in [3.05, 3.63) is 65.0 Å². The summed E-state index contributed by atoms with van der Waals surface area (Å²) in [6.07, 6.45) is 0. The molecule has 0 fully saturated rings. The number of carbonyl (C=O) groups excluding carboxylic acids is 1. The monoisotopic (exact) mass is 406 g/mol. The van der Waals surface area contributed by atoms with Gasteiger partial charge in [-0.15, -0.1) is 11.3 Å². The minimum atomic E-state index is -0.180. The number of hydrogen-bond donors (Lipinski definition) is 1. The number of anilines is 1. The third kappa shape index (κ3) is 4.03. The van der Waals surface area contributed by atoms with Gasteiger partial charge < -0.3 is 9.15 Å². The summed E-state index contributed by atoms with van der Waals surface area (Å²) in [7, 11) is 1.62. The molecule has 0 bridgehead atoms. The van der Waals surface area contributed by atoms with Crippen LogP contribution in [-0.4, -0.2) is 18.0 Å². The van der Waals surface area contributed by atoms with E-state index >= 15 is 0 Å². The third-order valence-electron chi connectivity index (χ3n) is 4.72. The molecule has 2 heterocycles. The van der Waals surface area contributed by atoms with Crippen LogP contribution in [0.3, 0.4) is 0 Å². The standard InChI is InChI=1S/C23H22N2O3S/c1-23(2,3)16-8-5-14(6-9-16)21(26)25-22-24-18(13-29-22)20-11-15-7-10-17(27-4)12-19(15)28-20/h5-13H,1-4H3,(H,24,25,26). The molecular weight excluding hydrogens is 384 g/mol. The van der Waals surface area contributed by atoms with E-state index < -0.39 is 0 Å². The minimum Gasteiger partial charge on any atom is -0.497 e. The first-order chi connectivity index (χ1) is 13.8. The molecule has 148 valence electrons. The van der Waals surface area contributed by atoms with Gasteiger partial charge in [-0.05, 0) is 41.3 Å². The predicted molar refractivity (Wildman–Crippen MR) is 117 cm³/mol. The number of rotatable bonds is 4. The number of furan rings is 1. The van der Waals surface area contributed by atoms with Crippen molar-refractivity contribution < 1.29 is 13.9 Å². The molecular formula is C23H22N2O3S. The molecule has 4 aromatic rings. The molecule has 2 aromatic carbocycles. The first-order valence-corrected chi connectivity index (χ1v) is 10.2. The van der Waals surface area contributed by atoms with E-state index in [2.05, 4.69) is 31.1 Å². The van der Waals surface area contributed by atoms with Crippen LogP contribution in [0.2, 0.25) is 0 Å². The number of fused-ring (bicyclic) bond motifs is 1. The number of carbonyl (C=O) groups is 1. The van der Waals surface area contributed by atoms with Gasteiger partial charge in [-0.25, -0.2) is 4.98 Å². The number of methoxy groups -OCH3 is 1. The maximum absolute atomic E-state index is 12.6. The largest absolute Gasteiger partial charge is 0.497 e. The Morgan fingerprint density at radius 3 is 2.55 bits per heavy atom. The van der Waals surface area contributed by atoms with Gasteiger partial charge in [-0.1, -0.05) is 32.9 Å². The van der Waals surface area contributed by atoms with Crippen molar-refractivity contribution in [2.45, 2.75) is 26.2 Å². The molecule has 0 saturated heterocycles. The summed E-state index contributed by atoms with van der Waals surface area (Å²) in [6, 6.07) is 15.3. The summed E-state index contributed by atoms with van der Waals surface area (Å²) < 4.78 is 11.1. The lowest BCUT2D eigenvalue weighted by Gasteiger charge is -2.18. The van der Waals surface area contributed by atoms with Crippen molar-refractivity contribution in [2.75, 3.05) is 12.4 Å². The predicted octanol–water partition coefficient (Wildman–Crippen LogP) is 6.11. The van der Waals surface area contributed by atoms with Crippen LogP contribution < -0.4 is 10.1 Å². The van der Waals surface area contributed by atoms with Crippen LogP contribution in [0, 0.1) is 0 Å². The Hall–Kier alpha value is -3.12. The summed E-state index contributed by atoms with van der Waals surface area (Å²) in [5.74, 6) is 1.21. The first kappa shape index (κ1) is 19.2. The van der Waals surface area contributed by atoms with Crippen LogP contribution >= 0.6 is 11.3 Å². The van der Waals surface area contributed by atoms with E-state index in [1.165, 1.54) is 16.9 Å². The Balaban J connectivity index is 1.51. The Morgan fingerprint density at radius 2 is 1.86 bits per heavy atom. The summed E-state index contributed by atoms with van der Waals surface area (Å²) in [6.45, 7) is 6.44. The van der Waals surface area contributed by atoms with Crippen molar-refractivity contribution >= 4 is 33.3 Å². The lowest BCUT2D eigenvalue weighted by atomic mass is 9.87. The zero-order valence-electron chi connectivity index (χ0n) is 16.8. The SMILES string of the molecule is COc1ccc2cc(-c3csc(NC(=O)c4ccc(C(C)(C)C)cc4)n3)oc2c1. The second-order valence-corrected chi connectivity index (χ2v) is 8.69. The lowest BCUT2D eigenvalue weighted by Crippen LogP contribution is -2.14. The van der Waals surface area contributed by atoms with Crippen molar-refractivity contribution in [1.82, 2.24) is 4.98 Å². The number of nitrogens with zero attached hydrogens (tertiary/aromatic N) is 1. The molecule has 6 heteroatoms. The molecule has 4 rings (SSSR count). The van der Waals surface area contributed by atoms with Gasteiger partial charge in [0.2, 0.25) is 0 Å². The lowest BCUT2D eigenvalue weighted by molar-refractivity contribution is 0.102. The van der Waals surface area contributed by atoms with E-state index in [1.807, 2.05) is 53.9 Å². The summed E-state index contributed by atoms with van der Waals surface area (Å²) in [5.41, 5.74) is 3.26. The Kier molecular flexibility index (Phi) is 4.88. The van der Waals surface area contributed by atoms with Gasteiger partial charge >= 0.3 is 0 Å². The number of nitrogens with one attached hydrogen (secondary N) is 1. The van der Waals surface area contributed by atoms with Gasteiger partial charge in [0, 0.05) is 22.4 Å². The number of aromatic nitrogens is 1. The molecule has 29 heavy (non-hydrogen) atoms. The van der Waals surface area contributed by atoms with Crippen LogP contribution in [0.5, 0.6) is 5.75 Å². The topological polar surface area (TPSA) is 64.4 Å². The molecule has 0 radical (unpaired) electrons. The number of hydrogen-bond acceptors (Lipinski definition) is 5. The second-order valence-electron chi connectivity index (χ2n) is 7.83. The van der Waals surface area contributed by atoms with Gasteiger partial charge in [0.15, 0.2) is 10.9 Å². The van der Waals surface area contributed by atoms with E-state index in [-0.39, 0.29) is 11.3 Å². The van der Waals surface area contributed by atoms with Crippen molar-refractivity contribution in [3.63, 3.8) is 0 Å². The fourth-order valence-corrected chi connectivity index (χ4v) is 3.69. The fraction of sp³-hybridized carbons (Fsp3) is 0.217. The van der Waals surface area contributed by atoms with Crippen molar-refractivity contribution in [1.29, 1.82) is 0 Å². The van der Waals surface area contributed by atoms with Crippen LogP contribution in [-0.2, 0) is 5.41 Å². The highest BCUT2D eigenvalue weighted by Gasteiger charge is 2.16. The summed E-state index contributed by atoms with van der Waals surface area (Å²) >= 11 is 1.36. The van der Waals surface area contributed by atoms with Gasteiger partial charge in [0.25, 0.3) is 5.91 Å². The molecule has 0 saturated carbocycles. The van der Waals surface area contributed by atoms with Crippen LogP contribution in [0.4, 0.5) is 5.13 Å². The average Bonchev–Trinajstić information content (AvgIpc) is 3.33. The molecule has 0 aliphatic rings. The molecule has 2 aromatic heterocycles. The molecule has 0 spiro atoms. The highest BCUT2D eigenvalue weighted by molar-refractivity contribution is 7.14. The molecule has 5 nitrogen and oxygen atoms in total. The molecule has 1 N–H and O–H groups in total. The summed E-state index contributed by atoms with van der Waals surface area (Å²) in [4.78, 5) is 17.1. The van der Waals surface area contributed by atoms with Gasteiger partial charge in [-0.2, -0.15) is 0 Å². The zero-order valence-corrected chi connectivity index (χ0v) is 17.6. The number of ether oxygens (including phenoxy) is 1. The van der Waals surface area contributed by atoms with E-state index in [0.29, 0.717) is 22.1 Å². The maximum Gasteiger partial charge on any atom is 0.257 e. The quantitative estimate of drug-likeness (QED) is 0.444. The molecule has 0 unspecified atom stereocenters. The van der Waals surface area contributed by atoms with E-state index in [0.717, 1.165) is 16.7 Å². The Morgan fingerprint density at radius 1 is 1.10 bits per heavy atom. The van der Waals surface area contributed by atoms with Crippen molar-refractivity contribution in [2.24, 2.45) is 0 Å². The fourth-order valence-electron chi connectivity index (χ4n) is 3.00. The van der Waals surface area contributed by atoms with Crippen LogP contribution in [0.1, 0.15) is 36.7 Å². The minimum absolute atomic E-state index is 0.0514. The van der Waals surface area contributed by atoms with Crippen LogP contribution in [0.25, 0.3) is 22.4 Å².